The third kappa shape index (κ3) is 0.883. The summed E-state index contributed by atoms with van der Waals surface area (Å²) < 4.78 is 0. The van der Waals surface area contributed by atoms with E-state index in [1.165, 1.54) is 0 Å². The van der Waals surface area contributed by atoms with Crippen LogP contribution in [0.25, 0.3) is 0 Å². The molecule has 1 heterocycles. The van der Waals surface area contributed by atoms with E-state index in [2.05, 4.69) is 0 Å². The lowest BCUT2D eigenvalue weighted by atomic mass is 10.6. The van der Waals surface area contributed by atoms with Crippen molar-refractivity contribution in [2.75, 3.05) is 13.1 Å². The average molecular weight is 144 g/mol. The van der Waals surface area contributed by atoms with Gasteiger partial charge in [0.25, 0.3) is 0 Å². The Morgan fingerprint density at radius 3 is 2.50 bits per heavy atom. The predicted molar refractivity (Wildman–Crippen MR) is 32.5 cm³/mol. The van der Waals surface area contributed by atoms with Crippen LogP contribution < -0.4 is 5.73 Å². The van der Waals surface area contributed by atoms with Gasteiger partial charge in [-0.25, -0.2) is 9.86 Å². The minimum absolute atomic E-state index is 0.207. The van der Waals surface area contributed by atoms with Gasteiger partial charge in [-0.1, -0.05) is 0 Å². The molecule has 1 aliphatic rings. The fraction of sp³-hybridized carbons (Fsp3) is 0.500. The number of hydrogen-bond donors (Lipinski definition) is 3. The molecule has 0 saturated carbocycles. The van der Waals surface area contributed by atoms with E-state index in [-0.39, 0.29) is 19.0 Å². The van der Waals surface area contributed by atoms with Gasteiger partial charge in [-0.05, 0) is 0 Å². The van der Waals surface area contributed by atoms with E-state index < -0.39 is 6.03 Å². The Labute approximate surface area is 57.3 Å². The third-order valence-corrected chi connectivity index (χ3v) is 1.28. The molecule has 1 saturated heterocycles. The second kappa shape index (κ2) is 2.14. The molecular formula is C4H8N4O2. The first-order valence-corrected chi connectivity index (χ1v) is 2.75. The molecule has 56 valence electrons. The maximum Gasteiger partial charge on any atom is 0.350 e. The summed E-state index contributed by atoms with van der Waals surface area (Å²) in [6.45, 7) is 0.489. The monoisotopic (exact) mass is 144 g/mol. The minimum atomic E-state index is -0.632. The summed E-state index contributed by atoms with van der Waals surface area (Å²) >= 11 is 0. The molecule has 0 aromatic rings. The van der Waals surface area contributed by atoms with Crippen LogP contribution in [-0.4, -0.2) is 40.3 Å². The van der Waals surface area contributed by atoms with Gasteiger partial charge in [0, 0.05) is 0 Å². The zero-order chi connectivity index (χ0) is 7.72. The number of guanidine groups is 1. The molecule has 0 aliphatic carbocycles. The number of rotatable bonds is 0. The molecule has 0 aromatic heterocycles. The lowest BCUT2D eigenvalue weighted by Crippen LogP contribution is -2.39. The first-order valence-electron chi connectivity index (χ1n) is 2.75. The Morgan fingerprint density at radius 1 is 1.70 bits per heavy atom. The van der Waals surface area contributed by atoms with Crippen LogP contribution in [0, 0.1) is 5.41 Å². The van der Waals surface area contributed by atoms with Crippen LogP contribution in [-0.2, 0) is 0 Å². The maximum absolute atomic E-state index is 10.7. The second-order valence-corrected chi connectivity index (χ2v) is 1.94. The van der Waals surface area contributed by atoms with Gasteiger partial charge in [0.05, 0.1) is 13.1 Å². The van der Waals surface area contributed by atoms with Crippen molar-refractivity contribution in [2.45, 2.75) is 0 Å². The van der Waals surface area contributed by atoms with Crippen molar-refractivity contribution in [2.24, 2.45) is 5.73 Å². The number of hydroxylamine groups is 2. The summed E-state index contributed by atoms with van der Waals surface area (Å²) in [6, 6.07) is -0.632. The highest BCUT2D eigenvalue weighted by molar-refractivity contribution is 5.94. The number of nitrogens with two attached hydrogens (primary N) is 1. The molecular weight excluding hydrogens is 136 g/mol. The Hall–Kier alpha value is -1.30. The number of urea groups is 1. The standard InChI is InChI=1S/C4H8N4O2/c5-3(6)7-1-2-8(10)4(7)9/h10H,1-2H2,(H3,5,6). The Kier molecular flexibility index (Phi) is 1.46. The van der Waals surface area contributed by atoms with E-state index in [9.17, 15) is 4.79 Å². The van der Waals surface area contributed by atoms with Crippen LogP contribution in [0.2, 0.25) is 0 Å². The molecule has 0 aromatic carbocycles. The van der Waals surface area contributed by atoms with E-state index >= 15 is 0 Å². The van der Waals surface area contributed by atoms with Crippen molar-refractivity contribution in [3.63, 3.8) is 0 Å². The summed E-state index contributed by atoms with van der Waals surface area (Å²) in [6.07, 6.45) is 0. The minimum Gasteiger partial charge on any atom is -0.370 e. The molecule has 10 heavy (non-hydrogen) atoms. The number of amides is 2. The first kappa shape index (κ1) is 6.81. The summed E-state index contributed by atoms with van der Waals surface area (Å²) in [7, 11) is 0. The number of carbonyl (C=O) groups excluding carboxylic acids is 1. The molecule has 6 nitrogen and oxygen atoms in total. The Morgan fingerprint density at radius 2 is 2.30 bits per heavy atom. The van der Waals surface area contributed by atoms with Gasteiger partial charge in [0.15, 0.2) is 5.96 Å². The van der Waals surface area contributed by atoms with Crippen molar-refractivity contribution >= 4 is 12.0 Å². The van der Waals surface area contributed by atoms with Crippen molar-refractivity contribution < 1.29 is 10.0 Å². The molecule has 0 unspecified atom stereocenters. The topological polar surface area (TPSA) is 93.7 Å². The van der Waals surface area contributed by atoms with Gasteiger partial charge in [0.1, 0.15) is 0 Å². The zero-order valence-electron chi connectivity index (χ0n) is 5.24. The Bertz CT molecular complexity index is 180. The van der Waals surface area contributed by atoms with Crippen LogP contribution in [0.1, 0.15) is 0 Å². The molecule has 0 spiro atoms. The van der Waals surface area contributed by atoms with Crippen LogP contribution >= 0.6 is 0 Å². The summed E-state index contributed by atoms with van der Waals surface area (Å²) in [5, 5.41) is 16.1. The van der Waals surface area contributed by atoms with Gasteiger partial charge in [-0.3, -0.25) is 15.5 Å². The van der Waals surface area contributed by atoms with Crippen molar-refractivity contribution in [3.8, 4) is 0 Å². The predicted octanol–water partition coefficient (Wildman–Crippen LogP) is -0.993. The second-order valence-electron chi connectivity index (χ2n) is 1.94. The summed E-state index contributed by atoms with van der Waals surface area (Å²) in [5.41, 5.74) is 5.00. The van der Waals surface area contributed by atoms with Gasteiger partial charge in [-0.2, -0.15) is 0 Å². The van der Waals surface area contributed by atoms with Crippen LogP contribution in [0.15, 0.2) is 0 Å². The molecule has 2 amide bonds. The highest BCUT2D eigenvalue weighted by Crippen LogP contribution is 2.03. The maximum atomic E-state index is 10.7. The third-order valence-electron chi connectivity index (χ3n) is 1.28. The van der Waals surface area contributed by atoms with Gasteiger partial charge in [0.2, 0.25) is 0 Å². The number of nitrogens with one attached hydrogen (secondary N) is 1. The number of carbonyl (C=O) groups is 1. The van der Waals surface area contributed by atoms with E-state index in [4.69, 9.17) is 16.4 Å². The fourth-order valence-corrected chi connectivity index (χ4v) is 0.749. The van der Waals surface area contributed by atoms with Crippen LogP contribution in [0.5, 0.6) is 0 Å². The molecule has 0 radical (unpaired) electrons. The molecule has 1 aliphatic heterocycles. The Balaban J connectivity index is 2.66. The highest BCUT2D eigenvalue weighted by atomic mass is 16.5. The van der Waals surface area contributed by atoms with Gasteiger partial charge in [-0.15, -0.1) is 0 Å². The van der Waals surface area contributed by atoms with Gasteiger partial charge >= 0.3 is 6.03 Å². The largest absolute Gasteiger partial charge is 0.370 e. The number of nitrogens with zero attached hydrogens (tertiary/aromatic N) is 2. The molecule has 0 bridgehead atoms. The van der Waals surface area contributed by atoms with E-state index in [1.807, 2.05) is 0 Å². The molecule has 0 atom stereocenters. The zero-order valence-corrected chi connectivity index (χ0v) is 5.24. The van der Waals surface area contributed by atoms with Crippen LogP contribution in [0.3, 0.4) is 0 Å². The fourth-order valence-electron chi connectivity index (χ4n) is 0.749. The van der Waals surface area contributed by atoms with Crippen molar-refractivity contribution in [3.05, 3.63) is 0 Å². The molecule has 4 N–H and O–H groups in total. The molecule has 6 heteroatoms. The SMILES string of the molecule is N=C(N)N1CCN(O)C1=O. The average Bonchev–Trinajstić information content (AvgIpc) is 2.14. The lowest BCUT2D eigenvalue weighted by molar-refractivity contribution is -0.0254. The first-order chi connectivity index (χ1) is 4.63. The lowest BCUT2D eigenvalue weighted by Gasteiger charge is -2.11. The van der Waals surface area contributed by atoms with Gasteiger partial charge < -0.3 is 5.73 Å². The molecule has 1 fully saturated rings. The summed E-state index contributed by atoms with van der Waals surface area (Å²) in [4.78, 5) is 11.7. The van der Waals surface area contributed by atoms with E-state index in [0.717, 1.165) is 4.90 Å². The number of hydrogen-bond acceptors (Lipinski definition) is 3. The molecule has 1 rings (SSSR count). The quantitative estimate of drug-likeness (QED) is 0.231. The smallest absolute Gasteiger partial charge is 0.350 e. The van der Waals surface area contributed by atoms with E-state index in [0.29, 0.717) is 5.06 Å². The van der Waals surface area contributed by atoms with Crippen LogP contribution in [0.4, 0.5) is 4.79 Å². The summed E-state index contributed by atoms with van der Waals surface area (Å²) in [5.74, 6) is -0.332. The van der Waals surface area contributed by atoms with E-state index in [1.54, 1.807) is 0 Å². The van der Waals surface area contributed by atoms with Crippen molar-refractivity contribution in [1.82, 2.24) is 9.96 Å². The van der Waals surface area contributed by atoms with Crippen molar-refractivity contribution in [1.29, 1.82) is 5.41 Å². The highest BCUT2D eigenvalue weighted by Gasteiger charge is 2.28. The normalized spacial score (nSPS) is 18.3.